The van der Waals surface area contributed by atoms with Gasteiger partial charge in [0.15, 0.2) is 0 Å². The lowest BCUT2D eigenvalue weighted by Gasteiger charge is -2.36. The van der Waals surface area contributed by atoms with Crippen LogP contribution in [-0.4, -0.2) is 6.54 Å². The molecule has 1 aromatic rings. The van der Waals surface area contributed by atoms with Crippen LogP contribution in [0.15, 0.2) is 18.2 Å². The maximum atomic E-state index is 13.5. The number of hydrogen-bond acceptors (Lipinski definition) is 1. The van der Waals surface area contributed by atoms with Crippen molar-refractivity contribution >= 4 is 0 Å². The molecule has 2 heteroatoms. The predicted molar refractivity (Wildman–Crippen MR) is 78.7 cm³/mol. The van der Waals surface area contributed by atoms with Crippen LogP contribution < -0.4 is 5.73 Å². The third-order valence-electron chi connectivity index (χ3n) is 4.74. The number of hydrogen-bond donors (Lipinski definition) is 1. The molecule has 1 nitrogen and oxygen atoms in total. The summed E-state index contributed by atoms with van der Waals surface area (Å²) >= 11 is 0. The van der Waals surface area contributed by atoms with Gasteiger partial charge in [-0.05, 0) is 67.3 Å². The Balaban J connectivity index is 2.24. The van der Waals surface area contributed by atoms with Crippen molar-refractivity contribution in [1.29, 1.82) is 0 Å². The highest BCUT2D eigenvalue weighted by Gasteiger charge is 2.31. The van der Waals surface area contributed by atoms with Gasteiger partial charge in [0, 0.05) is 0 Å². The van der Waals surface area contributed by atoms with Crippen molar-refractivity contribution in [2.75, 3.05) is 6.54 Å². The molecule has 3 unspecified atom stereocenters. The molecule has 106 valence electrons. The van der Waals surface area contributed by atoms with E-state index in [-0.39, 0.29) is 5.82 Å². The Labute approximate surface area is 116 Å². The fraction of sp³-hybridized carbons (Fsp3) is 0.647. The molecule has 0 radical (unpaired) electrons. The normalized spacial score (nSPS) is 27.5. The zero-order chi connectivity index (χ0) is 13.8. The molecule has 0 aromatic heterocycles. The average Bonchev–Trinajstić information content (AvgIpc) is 2.42. The quantitative estimate of drug-likeness (QED) is 0.856. The number of benzene rings is 1. The molecule has 1 aliphatic carbocycles. The first kappa shape index (κ1) is 14.5. The lowest BCUT2D eigenvalue weighted by Crippen LogP contribution is -2.29. The minimum atomic E-state index is -0.117. The minimum Gasteiger partial charge on any atom is -0.330 e. The zero-order valence-electron chi connectivity index (χ0n) is 12.2. The van der Waals surface area contributed by atoms with E-state index in [1.165, 1.54) is 43.2 Å². The van der Waals surface area contributed by atoms with Gasteiger partial charge in [-0.3, -0.25) is 0 Å². The Morgan fingerprint density at radius 3 is 2.79 bits per heavy atom. The van der Waals surface area contributed by atoms with Crippen LogP contribution >= 0.6 is 0 Å². The summed E-state index contributed by atoms with van der Waals surface area (Å²) in [5.74, 6) is 1.65. The lowest BCUT2D eigenvalue weighted by molar-refractivity contribution is 0.229. The van der Waals surface area contributed by atoms with E-state index in [4.69, 9.17) is 5.73 Å². The molecule has 1 saturated carbocycles. The Hall–Kier alpha value is -0.890. The first-order valence-electron chi connectivity index (χ1n) is 7.61. The van der Waals surface area contributed by atoms with Gasteiger partial charge in [0.2, 0.25) is 0 Å². The van der Waals surface area contributed by atoms with Crippen LogP contribution in [0.1, 0.15) is 56.1 Å². The predicted octanol–water partition coefficient (Wildman–Crippen LogP) is 4.39. The van der Waals surface area contributed by atoms with Crippen LogP contribution in [0.2, 0.25) is 0 Å². The molecule has 2 rings (SSSR count). The summed E-state index contributed by atoms with van der Waals surface area (Å²) in [6, 6.07) is 5.20. The summed E-state index contributed by atoms with van der Waals surface area (Å²) in [6.45, 7) is 5.06. The van der Waals surface area contributed by atoms with Gasteiger partial charge in [0.1, 0.15) is 5.82 Å². The van der Waals surface area contributed by atoms with Crippen LogP contribution in [-0.2, 0) is 0 Å². The third kappa shape index (κ3) is 3.36. The minimum absolute atomic E-state index is 0.117. The fourth-order valence-corrected chi connectivity index (χ4v) is 3.66. The molecular weight excluding hydrogens is 237 g/mol. The Morgan fingerprint density at radius 1 is 1.32 bits per heavy atom. The smallest absolute Gasteiger partial charge is 0.123 e. The van der Waals surface area contributed by atoms with Crippen LogP contribution in [0.5, 0.6) is 0 Å². The van der Waals surface area contributed by atoms with Gasteiger partial charge < -0.3 is 5.73 Å². The topological polar surface area (TPSA) is 26.0 Å². The molecule has 1 aliphatic rings. The van der Waals surface area contributed by atoms with E-state index in [0.717, 1.165) is 12.5 Å². The van der Waals surface area contributed by atoms with Gasteiger partial charge in [0.05, 0.1) is 0 Å². The number of aryl methyl sites for hydroxylation is 1. The highest BCUT2D eigenvalue weighted by Crippen LogP contribution is 2.42. The SMILES string of the molecule is CCCC1CCC(CN)C(c2cc(F)ccc2C)C1. The molecule has 1 aromatic carbocycles. The van der Waals surface area contributed by atoms with Gasteiger partial charge in [-0.1, -0.05) is 32.3 Å². The second-order valence-corrected chi connectivity index (χ2v) is 6.07. The van der Waals surface area contributed by atoms with Gasteiger partial charge in [0.25, 0.3) is 0 Å². The molecular formula is C17H26FN. The molecule has 0 amide bonds. The van der Waals surface area contributed by atoms with Gasteiger partial charge in [-0.25, -0.2) is 4.39 Å². The summed E-state index contributed by atoms with van der Waals surface area (Å²) in [7, 11) is 0. The maximum Gasteiger partial charge on any atom is 0.123 e. The van der Waals surface area contributed by atoms with Crippen molar-refractivity contribution in [2.24, 2.45) is 17.6 Å². The second-order valence-electron chi connectivity index (χ2n) is 6.07. The van der Waals surface area contributed by atoms with Gasteiger partial charge >= 0.3 is 0 Å². The summed E-state index contributed by atoms with van der Waals surface area (Å²) < 4.78 is 13.5. The third-order valence-corrected chi connectivity index (χ3v) is 4.74. The molecule has 1 fully saturated rings. The number of nitrogens with two attached hydrogens (primary N) is 1. The first-order chi connectivity index (χ1) is 9.15. The summed E-state index contributed by atoms with van der Waals surface area (Å²) in [4.78, 5) is 0. The van der Waals surface area contributed by atoms with Crippen LogP contribution in [0.4, 0.5) is 4.39 Å². The molecule has 19 heavy (non-hydrogen) atoms. The highest BCUT2D eigenvalue weighted by molar-refractivity contribution is 5.31. The van der Waals surface area contributed by atoms with Crippen molar-refractivity contribution in [2.45, 2.75) is 51.9 Å². The van der Waals surface area contributed by atoms with Gasteiger partial charge in [-0.15, -0.1) is 0 Å². The lowest BCUT2D eigenvalue weighted by atomic mass is 9.69. The molecule has 0 saturated heterocycles. The van der Waals surface area contributed by atoms with E-state index in [1.807, 2.05) is 6.07 Å². The second kappa shape index (κ2) is 6.51. The Kier molecular flexibility index (Phi) is 4.98. The van der Waals surface area contributed by atoms with Crippen LogP contribution in [0, 0.1) is 24.6 Å². The Bertz CT molecular complexity index is 416. The molecule has 0 bridgehead atoms. The Morgan fingerprint density at radius 2 is 2.11 bits per heavy atom. The van der Waals surface area contributed by atoms with E-state index in [1.54, 1.807) is 12.1 Å². The summed E-state index contributed by atoms with van der Waals surface area (Å²) in [6.07, 6.45) is 6.21. The largest absolute Gasteiger partial charge is 0.330 e. The van der Waals surface area contributed by atoms with Crippen molar-refractivity contribution in [3.05, 3.63) is 35.1 Å². The standard InChI is InChI=1S/C17H26FN/c1-3-4-13-6-7-14(11-19)17(9-13)16-10-15(18)8-5-12(16)2/h5,8,10,13-14,17H,3-4,6-7,9,11,19H2,1-2H3. The van der Waals surface area contributed by atoms with Crippen molar-refractivity contribution < 1.29 is 4.39 Å². The van der Waals surface area contributed by atoms with E-state index < -0.39 is 0 Å². The van der Waals surface area contributed by atoms with Crippen molar-refractivity contribution in [3.63, 3.8) is 0 Å². The summed E-state index contributed by atoms with van der Waals surface area (Å²) in [5, 5.41) is 0. The van der Waals surface area contributed by atoms with E-state index in [0.29, 0.717) is 11.8 Å². The molecule has 3 atom stereocenters. The fourth-order valence-electron chi connectivity index (χ4n) is 3.66. The van der Waals surface area contributed by atoms with Gasteiger partial charge in [-0.2, -0.15) is 0 Å². The molecule has 0 aliphatic heterocycles. The molecule has 0 heterocycles. The van der Waals surface area contributed by atoms with Crippen molar-refractivity contribution in [3.8, 4) is 0 Å². The number of rotatable bonds is 4. The zero-order valence-corrected chi connectivity index (χ0v) is 12.2. The number of halogens is 1. The average molecular weight is 263 g/mol. The maximum absolute atomic E-state index is 13.5. The highest BCUT2D eigenvalue weighted by atomic mass is 19.1. The monoisotopic (exact) mass is 263 g/mol. The molecule has 2 N–H and O–H groups in total. The van der Waals surface area contributed by atoms with Crippen molar-refractivity contribution in [1.82, 2.24) is 0 Å². The van der Waals surface area contributed by atoms with Crippen LogP contribution in [0.3, 0.4) is 0 Å². The molecule has 0 spiro atoms. The van der Waals surface area contributed by atoms with E-state index in [2.05, 4.69) is 13.8 Å². The first-order valence-corrected chi connectivity index (χ1v) is 7.61. The summed E-state index contributed by atoms with van der Waals surface area (Å²) in [5.41, 5.74) is 8.35. The van der Waals surface area contributed by atoms with E-state index >= 15 is 0 Å². The van der Waals surface area contributed by atoms with E-state index in [9.17, 15) is 4.39 Å². The van der Waals surface area contributed by atoms with Crippen LogP contribution in [0.25, 0.3) is 0 Å².